The summed E-state index contributed by atoms with van der Waals surface area (Å²) in [6.45, 7) is 1.97. The predicted molar refractivity (Wildman–Crippen MR) is 110 cm³/mol. The number of amides is 2. The van der Waals surface area contributed by atoms with Crippen molar-refractivity contribution in [1.29, 1.82) is 0 Å². The van der Waals surface area contributed by atoms with E-state index in [1.54, 1.807) is 45.5 Å². The van der Waals surface area contributed by atoms with Crippen LogP contribution in [-0.4, -0.2) is 50.6 Å². The predicted octanol–water partition coefficient (Wildman–Crippen LogP) is 2.64. The Morgan fingerprint density at radius 2 is 1.66 bits per heavy atom. The molecule has 156 valence electrons. The fraction of sp³-hybridized carbons (Fsp3) is 0.364. The summed E-state index contributed by atoms with van der Waals surface area (Å²) < 4.78 is 16.0. The molecule has 7 heteroatoms. The SMILES string of the molecule is CC[C@H](C(=O)NC)N(Cc1cccc(OC)c1)C(=O)COc1ccc(OC)cc1. The Bertz CT molecular complexity index is 807. The normalized spacial score (nSPS) is 11.3. The van der Waals surface area contributed by atoms with E-state index in [0.717, 1.165) is 5.56 Å². The zero-order valence-corrected chi connectivity index (χ0v) is 17.3. The number of hydrogen-bond donors (Lipinski definition) is 1. The summed E-state index contributed by atoms with van der Waals surface area (Å²) in [5.41, 5.74) is 0.865. The third-order valence-corrected chi connectivity index (χ3v) is 4.54. The lowest BCUT2D eigenvalue weighted by Gasteiger charge is -2.30. The second-order valence-electron chi connectivity index (χ2n) is 6.38. The van der Waals surface area contributed by atoms with Crippen LogP contribution in [0.2, 0.25) is 0 Å². The van der Waals surface area contributed by atoms with Crippen molar-refractivity contribution in [2.24, 2.45) is 0 Å². The number of nitrogens with one attached hydrogen (secondary N) is 1. The van der Waals surface area contributed by atoms with Crippen molar-refractivity contribution in [3.63, 3.8) is 0 Å². The number of hydrogen-bond acceptors (Lipinski definition) is 5. The van der Waals surface area contributed by atoms with Crippen molar-refractivity contribution in [1.82, 2.24) is 10.2 Å². The molecule has 0 saturated carbocycles. The molecule has 0 fully saturated rings. The molecular weight excluding hydrogens is 372 g/mol. The molecule has 0 aromatic heterocycles. The molecule has 0 unspecified atom stereocenters. The Morgan fingerprint density at radius 1 is 1.00 bits per heavy atom. The van der Waals surface area contributed by atoms with Crippen LogP contribution in [0.4, 0.5) is 0 Å². The van der Waals surface area contributed by atoms with E-state index in [0.29, 0.717) is 23.7 Å². The monoisotopic (exact) mass is 400 g/mol. The van der Waals surface area contributed by atoms with Gasteiger partial charge in [0.15, 0.2) is 6.61 Å². The van der Waals surface area contributed by atoms with Gasteiger partial charge in [0, 0.05) is 13.6 Å². The smallest absolute Gasteiger partial charge is 0.261 e. The van der Waals surface area contributed by atoms with E-state index in [-0.39, 0.29) is 25.0 Å². The van der Waals surface area contributed by atoms with Gasteiger partial charge in [0.25, 0.3) is 5.91 Å². The highest BCUT2D eigenvalue weighted by Gasteiger charge is 2.28. The minimum absolute atomic E-state index is 0.177. The summed E-state index contributed by atoms with van der Waals surface area (Å²) in [7, 11) is 4.73. The number of ether oxygens (including phenoxy) is 3. The Balaban J connectivity index is 2.17. The van der Waals surface area contributed by atoms with E-state index >= 15 is 0 Å². The number of likely N-dealkylation sites (N-methyl/N-ethyl adjacent to an activating group) is 1. The molecule has 2 amide bonds. The third-order valence-electron chi connectivity index (χ3n) is 4.54. The van der Waals surface area contributed by atoms with Gasteiger partial charge >= 0.3 is 0 Å². The van der Waals surface area contributed by atoms with Gasteiger partial charge in [-0.25, -0.2) is 0 Å². The number of methoxy groups -OCH3 is 2. The minimum Gasteiger partial charge on any atom is -0.497 e. The van der Waals surface area contributed by atoms with Gasteiger partial charge in [-0.1, -0.05) is 19.1 Å². The van der Waals surface area contributed by atoms with Crippen LogP contribution < -0.4 is 19.5 Å². The van der Waals surface area contributed by atoms with Crippen LogP contribution in [0.25, 0.3) is 0 Å². The van der Waals surface area contributed by atoms with Crippen molar-refractivity contribution in [3.8, 4) is 17.2 Å². The largest absolute Gasteiger partial charge is 0.497 e. The summed E-state index contributed by atoms with van der Waals surface area (Å²) in [6.07, 6.45) is 0.484. The van der Waals surface area contributed by atoms with Gasteiger partial charge in [-0.2, -0.15) is 0 Å². The first-order valence-corrected chi connectivity index (χ1v) is 9.43. The molecule has 0 aliphatic heterocycles. The summed E-state index contributed by atoms with van der Waals surface area (Å²) in [4.78, 5) is 26.9. The van der Waals surface area contributed by atoms with Gasteiger partial charge in [0.1, 0.15) is 23.3 Å². The standard InChI is InChI=1S/C22H28N2O5/c1-5-20(22(26)23-2)24(14-16-7-6-8-19(13-16)28-4)21(25)15-29-18-11-9-17(27-3)10-12-18/h6-13,20H,5,14-15H2,1-4H3,(H,23,26)/t20-/m1/s1. The lowest BCUT2D eigenvalue weighted by atomic mass is 10.1. The van der Waals surface area contributed by atoms with Crippen LogP contribution in [0.1, 0.15) is 18.9 Å². The maximum atomic E-state index is 13.0. The van der Waals surface area contributed by atoms with E-state index in [2.05, 4.69) is 5.32 Å². The number of carbonyl (C=O) groups is 2. The second-order valence-corrected chi connectivity index (χ2v) is 6.38. The maximum Gasteiger partial charge on any atom is 0.261 e. The van der Waals surface area contributed by atoms with Gasteiger partial charge in [-0.05, 0) is 48.4 Å². The van der Waals surface area contributed by atoms with Crippen LogP contribution in [0.5, 0.6) is 17.2 Å². The Kier molecular flexibility index (Phi) is 8.33. The molecule has 29 heavy (non-hydrogen) atoms. The third kappa shape index (κ3) is 6.14. The van der Waals surface area contributed by atoms with Crippen LogP contribution in [0, 0.1) is 0 Å². The minimum atomic E-state index is -0.599. The van der Waals surface area contributed by atoms with Crippen molar-refractivity contribution in [3.05, 3.63) is 54.1 Å². The lowest BCUT2D eigenvalue weighted by molar-refractivity contribution is -0.142. The highest BCUT2D eigenvalue weighted by atomic mass is 16.5. The fourth-order valence-corrected chi connectivity index (χ4v) is 2.95. The quantitative estimate of drug-likeness (QED) is 0.663. The average molecular weight is 400 g/mol. The van der Waals surface area contributed by atoms with Crippen LogP contribution in [-0.2, 0) is 16.1 Å². The van der Waals surface area contributed by atoms with Gasteiger partial charge in [0.2, 0.25) is 5.91 Å². The highest BCUT2D eigenvalue weighted by Crippen LogP contribution is 2.19. The molecule has 0 bridgehead atoms. The first-order valence-electron chi connectivity index (χ1n) is 9.43. The van der Waals surface area contributed by atoms with Gasteiger partial charge in [-0.3, -0.25) is 9.59 Å². The van der Waals surface area contributed by atoms with Crippen LogP contribution >= 0.6 is 0 Å². The molecule has 0 radical (unpaired) electrons. The topological polar surface area (TPSA) is 77.1 Å². The molecule has 7 nitrogen and oxygen atoms in total. The summed E-state index contributed by atoms with van der Waals surface area (Å²) in [5, 5.41) is 2.63. The average Bonchev–Trinajstić information content (AvgIpc) is 2.77. The van der Waals surface area contributed by atoms with E-state index in [1.165, 1.54) is 4.90 Å². The molecule has 0 aliphatic carbocycles. The van der Waals surface area contributed by atoms with Crippen LogP contribution in [0.15, 0.2) is 48.5 Å². The molecule has 0 saturated heterocycles. The van der Waals surface area contributed by atoms with E-state index in [1.807, 2.05) is 31.2 Å². The zero-order valence-electron chi connectivity index (χ0n) is 17.3. The molecule has 2 aromatic carbocycles. The summed E-state index contributed by atoms with van der Waals surface area (Å²) in [5.74, 6) is 1.45. The molecule has 2 aromatic rings. The maximum absolute atomic E-state index is 13.0. The Labute approximate surface area is 171 Å². The van der Waals surface area contributed by atoms with Crippen molar-refractivity contribution >= 4 is 11.8 Å². The van der Waals surface area contributed by atoms with Crippen molar-refractivity contribution in [2.45, 2.75) is 25.9 Å². The molecule has 2 rings (SSSR count). The molecule has 1 atom stereocenters. The first-order chi connectivity index (χ1) is 14.0. The van der Waals surface area contributed by atoms with Gasteiger partial charge < -0.3 is 24.4 Å². The molecule has 0 heterocycles. The van der Waals surface area contributed by atoms with E-state index in [4.69, 9.17) is 14.2 Å². The van der Waals surface area contributed by atoms with Crippen LogP contribution in [0.3, 0.4) is 0 Å². The number of carbonyl (C=O) groups excluding carboxylic acids is 2. The van der Waals surface area contributed by atoms with Crippen molar-refractivity contribution in [2.75, 3.05) is 27.9 Å². The molecule has 1 N–H and O–H groups in total. The molecular formula is C22H28N2O5. The Morgan fingerprint density at radius 3 is 2.24 bits per heavy atom. The lowest BCUT2D eigenvalue weighted by Crippen LogP contribution is -2.49. The number of rotatable bonds is 10. The van der Waals surface area contributed by atoms with Crippen molar-refractivity contribution < 1.29 is 23.8 Å². The summed E-state index contributed by atoms with van der Waals surface area (Å²) >= 11 is 0. The summed E-state index contributed by atoms with van der Waals surface area (Å²) in [6, 6.07) is 13.8. The highest BCUT2D eigenvalue weighted by molar-refractivity contribution is 5.88. The molecule has 0 aliphatic rings. The second kappa shape index (κ2) is 10.9. The molecule has 0 spiro atoms. The zero-order chi connectivity index (χ0) is 21.2. The fourth-order valence-electron chi connectivity index (χ4n) is 2.95. The van der Waals surface area contributed by atoms with Gasteiger partial charge in [0.05, 0.1) is 14.2 Å². The van der Waals surface area contributed by atoms with E-state index in [9.17, 15) is 9.59 Å². The number of benzene rings is 2. The van der Waals surface area contributed by atoms with E-state index < -0.39 is 6.04 Å². The number of nitrogens with zero attached hydrogens (tertiary/aromatic N) is 1. The first kappa shape index (κ1) is 22.1. The Hall–Kier alpha value is -3.22. The van der Waals surface area contributed by atoms with Gasteiger partial charge in [-0.15, -0.1) is 0 Å².